The molecule has 0 fully saturated rings. The average molecular weight is 308 g/mol. The number of phenols is 1. The molecule has 0 atom stereocenters. The molecular weight excluding hydrogens is 291 g/mol. The number of hydrogen-bond donors (Lipinski definition) is 3. The summed E-state index contributed by atoms with van der Waals surface area (Å²) in [5.74, 6) is -0.0419. The number of benzene rings is 3. The third-order valence-electron chi connectivity index (χ3n) is 3.54. The number of rotatable bonds is 5. The quantitative estimate of drug-likeness (QED) is 0.615. The van der Waals surface area contributed by atoms with Crippen molar-refractivity contribution < 1.29 is 9.50 Å². The van der Waals surface area contributed by atoms with Crippen molar-refractivity contribution in [1.29, 1.82) is 0 Å². The molecule has 0 spiro atoms. The van der Waals surface area contributed by atoms with Crippen molar-refractivity contribution in [3.63, 3.8) is 0 Å². The van der Waals surface area contributed by atoms with Crippen molar-refractivity contribution in [2.45, 2.75) is 6.54 Å². The minimum absolute atomic E-state index is 0.221. The van der Waals surface area contributed by atoms with E-state index < -0.39 is 0 Å². The fourth-order valence-electron chi connectivity index (χ4n) is 2.31. The molecule has 0 saturated heterocycles. The Bertz CT molecular complexity index is 773. The Morgan fingerprint density at radius 1 is 0.826 bits per heavy atom. The number of anilines is 1. The Labute approximate surface area is 134 Å². The van der Waals surface area contributed by atoms with Crippen LogP contribution in [-0.2, 0) is 6.54 Å². The molecular formula is C19H17FN2O. The molecule has 0 aliphatic carbocycles. The van der Waals surface area contributed by atoms with E-state index in [9.17, 15) is 9.50 Å². The van der Waals surface area contributed by atoms with Crippen molar-refractivity contribution in [2.24, 2.45) is 0 Å². The maximum absolute atomic E-state index is 13.0. The van der Waals surface area contributed by atoms with Crippen LogP contribution in [0, 0.1) is 5.82 Å². The van der Waals surface area contributed by atoms with Crippen LogP contribution < -0.4 is 10.9 Å². The lowest BCUT2D eigenvalue weighted by Crippen LogP contribution is -2.20. The zero-order valence-electron chi connectivity index (χ0n) is 12.5. The van der Waals surface area contributed by atoms with Crippen LogP contribution in [0.25, 0.3) is 11.1 Å². The lowest BCUT2D eigenvalue weighted by Gasteiger charge is -2.11. The monoisotopic (exact) mass is 308 g/mol. The normalized spacial score (nSPS) is 10.5. The van der Waals surface area contributed by atoms with E-state index in [1.54, 1.807) is 18.2 Å². The molecule has 3 rings (SSSR count). The summed E-state index contributed by atoms with van der Waals surface area (Å²) in [4.78, 5) is 0. The molecule has 0 bridgehead atoms. The first-order valence-electron chi connectivity index (χ1n) is 7.34. The second-order valence-corrected chi connectivity index (χ2v) is 5.19. The molecule has 0 unspecified atom stereocenters. The van der Waals surface area contributed by atoms with Crippen LogP contribution in [0.1, 0.15) is 5.56 Å². The maximum atomic E-state index is 13.0. The smallest absolute Gasteiger partial charge is 0.123 e. The molecule has 0 amide bonds. The zero-order chi connectivity index (χ0) is 16.1. The summed E-state index contributed by atoms with van der Waals surface area (Å²) < 4.78 is 13.0. The fraction of sp³-hybridized carbons (Fsp3) is 0.0526. The molecule has 3 N–H and O–H groups in total. The van der Waals surface area contributed by atoms with Crippen LogP contribution in [-0.4, -0.2) is 5.11 Å². The van der Waals surface area contributed by atoms with E-state index in [0.29, 0.717) is 6.54 Å². The Morgan fingerprint density at radius 2 is 1.52 bits per heavy atom. The molecule has 0 aliphatic rings. The number of nitrogens with one attached hydrogen (secondary N) is 2. The lowest BCUT2D eigenvalue weighted by molar-refractivity contribution is 0.466. The molecule has 0 radical (unpaired) electrons. The summed E-state index contributed by atoms with van der Waals surface area (Å²) >= 11 is 0. The SMILES string of the molecule is Oc1ccc(-c2ccc(F)cc2)cc1CNNc1ccccc1. The zero-order valence-corrected chi connectivity index (χ0v) is 12.5. The van der Waals surface area contributed by atoms with Crippen LogP contribution in [0.5, 0.6) is 5.75 Å². The lowest BCUT2D eigenvalue weighted by atomic mass is 10.0. The van der Waals surface area contributed by atoms with Crippen molar-refractivity contribution in [3.8, 4) is 16.9 Å². The van der Waals surface area contributed by atoms with Gasteiger partial charge in [-0.15, -0.1) is 0 Å². The number of para-hydroxylation sites is 1. The highest BCUT2D eigenvalue weighted by Crippen LogP contribution is 2.26. The molecule has 0 aliphatic heterocycles. The number of aromatic hydroxyl groups is 1. The van der Waals surface area contributed by atoms with Gasteiger partial charge in [-0.2, -0.15) is 0 Å². The second-order valence-electron chi connectivity index (χ2n) is 5.19. The highest BCUT2D eigenvalue weighted by molar-refractivity contribution is 5.65. The molecule has 4 heteroatoms. The third-order valence-corrected chi connectivity index (χ3v) is 3.54. The molecule has 0 saturated carbocycles. The Morgan fingerprint density at radius 3 is 2.26 bits per heavy atom. The minimum atomic E-state index is -0.263. The van der Waals surface area contributed by atoms with Gasteiger partial charge in [-0.25, -0.2) is 9.82 Å². The number of phenolic OH excluding ortho intramolecular Hbond substituents is 1. The Balaban J connectivity index is 1.71. The van der Waals surface area contributed by atoms with Gasteiger partial charge >= 0.3 is 0 Å². The van der Waals surface area contributed by atoms with Gasteiger partial charge in [0.05, 0.1) is 0 Å². The molecule has 116 valence electrons. The van der Waals surface area contributed by atoms with Crippen molar-refractivity contribution in [2.75, 3.05) is 5.43 Å². The van der Waals surface area contributed by atoms with Crippen LogP contribution in [0.15, 0.2) is 72.8 Å². The molecule has 3 nitrogen and oxygen atoms in total. The second kappa shape index (κ2) is 6.94. The summed E-state index contributed by atoms with van der Waals surface area (Å²) in [5, 5.41) is 10.00. The van der Waals surface area contributed by atoms with Gasteiger partial charge in [0.15, 0.2) is 0 Å². The first-order chi connectivity index (χ1) is 11.2. The van der Waals surface area contributed by atoms with Gasteiger partial charge in [0.2, 0.25) is 0 Å². The van der Waals surface area contributed by atoms with Crippen molar-refractivity contribution >= 4 is 5.69 Å². The molecule has 23 heavy (non-hydrogen) atoms. The summed E-state index contributed by atoms with van der Waals surface area (Å²) in [7, 11) is 0. The van der Waals surface area contributed by atoms with Gasteiger partial charge < -0.3 is 10.5 Å². The minimum Gasteiger partial charge on any atom is -0.508 e. The first-order valence-corrected chi connectivity index (χ1v) is 7.34. The topological polar surface area (TPSA) is 44.3 Å². The fourth-order valence-corrected chi connectivity index (χ4v) is 2.31. The maximum Gasteiger partial charge on any atom is 0.123 e. The van der Waals surface area contributed by atoms with E-state index in [-0.39, 0.29) is 11.6 Å². The van der Waals surface area contributed by atoms with Crippen LogP contribution in [0.2, 0.25) is 0 Å². The molecule has 3 aromatic rings. The van der Waals surface area contributed by atoms with Gasteiger partial charge in [0, 0.05) is 17.8 Å². The highest BCUT2D eigenvalue weighted by atomic mass is 19.1. The Hall–Kier alpha value is -2.85. The van der Waals surface area contributed by atoms with Gasteiger partial charge in [0.1, 0.15) is 11.6 Å². The predicted molar refractivity (Wildman–Crippen MR) is 90.4 cm³/mol. The number of halogens is 1. The van der Waals surface area contributed by atoms with Gasteiger partial charge in [-0.3, -0.25) is 0 Å². The molecule has 0 heterocycles. The van der Waals surface area contributed by atoms with Gasteiger partial charge in [0.25, 0.3) is 0 Å². The average Bonchev–Trinajstić information content (AvgIpc) is 2.58. The van der Waals surface area contributed by atoms with E-state index in [0.717, 1.165) is 22.4 Å². The standard InChI is InChI=1S/C19H17FN2O/c20-17-9-6-14(7-10-17)15-8-11-19(23)16(12-15)13-21-22-18-4-2-1-3-5-18/h1-12,21-23H,13H2. The number of hydrogen-bond acceptors (Lipinski definition) is 3. The summed E-state index contributed by atoms with van der Waals surface area (Å²) in [6.07, 6.45) is 0. The summed E-state index contributed by atoms with van der Waals surface area (Å²) in [5.41, 5.74) is 9.69. The summed E-state index contributed by atoms with van der Waals surface area (Å²) in [6, 6.07) is 21.4. The van der Waals surface area contributed by atoms with Crippen LogP contribution in [0.4, 0.5) is 10.1 Å². The molecule has 0 aromatic heterocycles. The summed E-state index contributed by atoms with van der Waals surface area (Å²) in [6.45, 7) is 0.454. The van der Waals surface area contributed by atoms with E-state index >= 15 is 0 Å². The predicted octanol–water partition coefficient (Wildman–Crippen LogP) is 4.32. The van der Waals surface area contributed by atoms with E-state index in [2.05, 4.69) is 10.9 Å². The Kier molecular flexibility index (Phi) is 4.54. The largest absolute Gasteiger partial charge is 0.508 e. The van der Waals surface area contributed by atoms with Crippen LogP contribution >= 0.6 is 0 Å². The highest BCUT2D eigenvalue weighted by Gasteiger charge is 2.05. The van der Waals surface area contributed by atoms with E-state index in [1.807, 2.05) is 42.5 Å². The third kappa shape index (κ3) is 3.87. The van der Waals surface area contributed by atoms with Gasteiger partial charge in [-0.1, -0.05) is 36.4 Å². The van der Waals surface area contributed by atoms with Gasteiger partial charge in [-0.05, 0) is 47.5 Å². The molecule has 3 aromatic carbocycles. The van der Waals surface area contributed by atoms with Crippen molar-refractivity contribution in [1.82, 2.24) is 5.43 Å². The van der Waals surface area contributed by atoms with E-state index in [4.69, 9.17) is 0 Å². The van der Waals surface area contributed by atoms with Crippen molar-refractivity contribution in [3.05, 3.63) is 84.2 Å². The van der Waals surface area contributed by atoms with E-state index in [1.165, 1.54) is 12.1 Å². The first kappa shape index (κ1) is 15.1. The van der Waals surface area contributed by atoms with Crippen LogP contribution in [0.3, 0.4) is 0 Å². The number of hydrazine groups is 1.